The molecule has 3 N–H and O–H groups in total. The molecule has 1 atom stereocenters. The van der Waals surface area contributed by atoms with Gasteiger partial charge in [0.05, 0.1) is 0 Å². The van der Waals surface area contributed by atoms with Gasteiger partial charge in [-0.3, -0.25) is 0 Å². The lowest BCUT2D eigenvalue weighted by Gasteiger charge is -2.15. The van der Waals surface area contributed by atoms with Crippen LogP contribution < -0.4 is 10.5 Å². The van der Waals surface area contributed by atoms with Gasteiger partial charge in [0, 0.05) is 6.07 Å². The molecular formula is C13H13N5O. The molecule has 0 fully saturated rings. The molecule has 6 heteroatoms. The van der Waals surface area contributed by atoms with Gasteiger partial charge in [-0.05, 0) is 12.5 Å². The Morgan fingerprint density at radius 1 is 1.21 bits per heavy atom. The number of nitrogens with two attached hydrogens (primary N) is 1. The van der Waals surface area contributed by atoms with Crippen LogP contribution in [0.5, 0.6) is 5.75 Å². The number of benzene rings is 1. The molecule has 0 bridgehead atoms. The number of hydrogen-bond acceptors (Lipinski definition) is 5. The van der Waals surface area contributed by atoms with Crippen molar-refractivity contribution < 1.29 is 4.74 Å². The van der Waals surface area contributed by atoms with E-state index in [0.717, 1.165) is 5.56 Å². The Morgan fingerprint density at radius 3 is 2.79 bits per heavy atom. The minimum Gasteiger partial charge on any atom is -0.483 e. The maximum Gasteiger partial charge on any atom is 0.207 e. The highest BCUT2D eigenvalue weighted by Crippen LogP contribution is 2.28. The number of nitrogens with zero attached hydrogens (tertiary/aromatic N) is 3. The van der Waals surface area contributed by atoms with Crippen LogP contribution in [0.15, 0.2) is 36.4 Å². The van der Waals surface area contributed by atoms with Crippen molar-refractivity contribution >= 4 is 17.0 Å². The van der Waals surface area contributed by atoms with Crippen LogP contribution in [0.2, 0.25) is 0 Å². The summed E-state index contributed by atoms with van der Waals surface area (Å²) in [5.41, 5.74) is 7.84. The number of rotatable bonds is 3. The van der Waals surface area contributed by atoms with Gasteiger partial charge in [0.1, 0.15) is 11.9 Å². The fourth-order valence-corrected chi connectivity index (χ4v) is 1.90. The third kappa shape index (κ3) is 2.20. The number of anilines is 1. The number of aromatic nitrogens is 4. The Bertz CT molecular complexity index is 695. The predicted octanol–water partition coefficient (Wildman–Crippen LogP) is 2.08. The highest BCUT2D eigenvalue weighted by Gasteiger charge is 2.13. The maximum absolute atomic E-state index is 5.91. The van der Waals surface area contributed by atoms with Gasteiger partial charge in [-0.1, -0.05) is 30.3 Å². The molecule has 0 aliphatic carbocycles. The molecule has 1 aromatic carbocycles. The monoisotopic (exact) mass is 255 g/mol. The molecule has 0 amide bonds. The minimum absolute atomic E-state index is 0.108. The van der Waals surface area contributed by atoms with Crippen molar-refractivity contribution in [2.75, 3.05) is 5.73 Å². The molecule has 0 spiro atoms. The van der Waals surface area contributed by atoms with Crippen molar-refractivity contribution in [1.29, 1.82) is 0 Å². The molecule has 6 nitrogen and oxygen atoms in total. The quantitative estimate of drug-likeness (QED) is 0.747. The van der Waals surface area contributed by atoms with Crippen molar-refractivity contribution in [2.24, 2.45) is 0 Å². The molecule has 2 aromatic heterocycles. The van der Waals surface area contributed by atoms with Gasteiger partial charge in [0.15, 0.2) is 11.3 Å². The van der Waals surface area contributed by atoms with Crippen LogP contribution in [-0.4, -0.2) is 20.4 Å². The summed E-state index contributed by atoms with van der Waals surface area (Å²) in [6, 6.07) is 11.6. The van der Waals surface area contributed by atoms with Gasteiger partial charge in [-0.25, -0.2) is 4.98 Å². The van der Waals surface area contributed by atoms with E-state index in [4.69, 9.17) is 10.5 Å². The molecule has 0 saturated heterocycles. The van der Waals surface area contributed by atoms with Crippen LogP contribution in [0.25, 0.3) is 11.2 Å². The van der Waals surface area contributed by atoms with Crippen LogP contribution >= 0.6 is 0 Å². The molecule has 3 rings (SSSR count). The highest BCUT2D eigenvalue weighted by molar-refractivity contribution is 5.78. The van der Waals surface area contributed by atoms with Gasteiger partial charge in [-0.2, -0.15) is 10.3 Å². The lowest BCUT2D eigenvalue weighted by molar-refractivity contribution is 0.229. The molecule has 1 unspecified atom stereocenters. The molecule has 19 heavy (non-hydrogen) atoms. The summed E-state index contributed by atoms with van der Waals surface area (Å²) < 4.78 is 5.91. The standard InChI is InChI=1S/C13H13N5O/c1-8(9-5-3-2-4-6-9)19-10-7-11(14)15-13-12(10)16-18-17-13/h2-8H,1H3,(H3,14,15,16,17,18). The average Bonchev–Trinajstić information content (AvgIpc) is 2.88. The summed E-state index contributed by atoms with van der Waals surface area (Å²) in [7, 11) is 0. The largest absolute Gasteiger partial charge is 0.483 e. The summed E-state index contributed by atoms with van der Waals surface area (Å²) in [5.74, 6) is 0.935. The Morgan fingerprint density at radius 2 is 2.00 bits per heavy atom. The highest BCUT2D eigenvalue weighted by atomic mass is 16.5. The molecule has 96 valence electrons. The maximum atomic E-state index is 5.91. The Balaban J connectivity index is 1.95. The van der Waals surface area contributed by atoms with Gasteiger partial charge in [0.25, 0.3) is 0 Å². The molecule has 3 aromatic rings. The van der Waals surface area contributed by atoms with E-state index in [-0.39, 0.29) is 6.10 Å². The third-order valence-corrected chi connectivity index (χ3v) is 2.85. The normalized spacial score (nSPS) is 12.5. The smallest absolute Gasteiger partial charge is 0.207 e. The van der Waals surface area contributed by atoms with E-state index in [1.165, 1.54) is 0 Å². The zero-order valence-electron chi connectivity index (χ0n) is 10.4. The SMILES string of the molecule is CC(Oc1cc(N)nc2n[nH]nc12)c1ccccc1. The van der Waals surface area contributed by atoms with Crippen molar-refractivity contribution in [3.8, 4) is 5.75 Å². The number of H-pyrrole nitrogens is 1. The third-order valence-electron chi connectivity index (χ3n) is 2.85. The second-order valence-corrected chi connectivity index (χ2v) is 4.21. The number of nitrogen functional groups attached to an aromatic ring is 1. The molecule has 2 heterocycles. The number of aromatic amines is 1. The van der Waals surface area contributed by atoms with E-state index < -0.39 is 0 Å². The van der Waals surface area contributed by atoms with Gasteiger partial charge < -0.3 is 10.5 Å². The van der Waals surface area contributed by atoms with Gasteiger partial charge in [-0.15, -0.1) is 5.10 Å². The topological polar surface area (TPSA) is 89.7 Å². The number of ether oxygens (including phenoxy) is 1. The van der Waals surface area contributed by atoms with Gasteiger partial charge in [0.2, 0.25) is 5.65 Å². The summed E-state index contributed by atoms with van der Waals surface area (Å²) in [4.78, 5) is 4.07. The zero-order chi connectivity index (χ0) is 13.2. The lowest BCUT2D eigenvalue weighted by atomic mass is 10.1. The summed E-state index contributed by atoms with van der Waals surface area (Å²) >= 11 is 0. The molecule has 0 aliphatic rings. The number of fused-ring (bicyclic) bond motifs is 1. The summed E-state index contributed by atoms with van der Waals surface area (Å²) in [6.07, 6.45) is -0.108. The Kier molecular flexibility index (Phi) is 2.75. The molecule has 0 saturated carbocycles. The molecule has 0 radical (unpaired) electrons. The average molecular weight is 255 g/mol. The molecule has 0 aliphatic heterocycles. The van der Waals surface area contributed by atoms with Crippen LogP contribution in [0.3, 0.4) is 0 Å². The predicted molar refractivity (Wildman–Crippen MR) is 71.6 cm³/mol. The lowest BCUT2D eigenvalue weighted by Crippen LogP contribution is -2.04. The second-order valence-electron chi connectivity index (χ2n) is 4.21. The van der Waals surface area contributed by atoms with Crippen LogP contribution in [0.4, 0.5) is 5.82 Å². The van der Waals surface area contributed by atoms with E-state index in [0.29, 0.717) is 22.7 Å². The first-order valence-corrected chi connectivity index (χ1v) is 5.92. The van der Waals surface area contributed by atoms with E-state index in [2.05, 4.69) is 20.4 Å². The number of pyridine rings is 1. The van der Waals surface area contributed by atoms with E-state index in [1.807, 2.05) is 37.3 Å². The second kappa shape index (κ2) is 4.56. The molecular weight excluding hydrogens is 242 g/mol. The van der Waals surface area contributed by atoms with Crippen LogP contribution in [-0.2, 0) is 0 Å². The van der Waals surface area contributed by atoms with Crippen molar-refractivity contribution in [3.63, 3.8) is 0 Å². The first-order valence-electron chi connectivity index (χ1n) is 5.92. The van der Waals surface area contributed by atoms with Crippen LogP contribution in [0, 0.1) is 0 Å². The van der Waals surface area contributed by atoms with Gasteiger partial charge >= 0.3 is 0 Å². The zero-order valence-corrected chi connectivity index (χ0v) is 10.4. The fourth-order valence-electron chi connectivity index (χ4n) is 1.90. The summed E-state index contributed by atoms with van der Waals surface area (Å²) in [5, 5.41) is 10.5. The number of nitrogens with one attached hydrogen (secondary N) is 1. The number of hydrogen-bond donors (Lipinski definition) is 2. The Hall–Kier alpha value is -2.63. The summed E-state index contributed by atoms with van der Waals surface area (Å²) in [6.45, 7) is 1.97. The van der Waals surface area contributed by atoms with Crippen LogP contribution in [0.1, 0.15) is 18.6 Å². The van der Waals surface area contributed by atoms with Crippen molar-refractivity contribution in [1.82, 2.24) is 20.4 Å². The Labute approximate surface area is 109 Å². The fraction of sp³-hybridized carbons (Fsp3) is 0.154. The minimum atomic E-state index is -0.108. The van der Waals surface area contributed by atoms with Crippen molar-refractivity contribution in [3.05, 3.63) is 42.0 Å². The van der Waals surface area contributed by atoms with E-state index in [1.54, 1.807) is 6.07 Å². The van der Waals surface area contributed by atoms with Crippen molar-refractivity contribution in [2.45, 2.75) is 13.0 Å². The first-order chi connectivity index (χ1) is 9.24. The first kappa shape index (κ1) is 11.5. The van der Waals surface area contributed by atoms with E-state index in [9.17, 15) is 0 Å². The van der Waals surface area contributed by atoms with E-state index >= 15 is 0 Å².